The second kappa shape index (κ2) is 15.8. The van der Waals surface area contributed by atoms with Crippen molar-refractivity contribution >= 4 is 101 Å². The Kier molecular flexibility index (Phi) is 11.6. The monoisotopic (exact) mass is 923 g/mol. The molecule has 2 heterocycles. The zero-order valence-corrected chi connectivity index (χ0v) is 33.2. The number of morpholine rings is 1. The van der Waals surface area contributed by atoms with Gasteiger partial charge in [-0.25, -0.2) is 12.6 Å². The number of nitrogens with one attached hydrogen (secondary N) is 1. The molecule has 1 aliphatic rings. The molecule has 59 heavy (non-hydrogen) atoms. The van der Waals surface area contributed by atoms with Crippen LogP contribution in [0.3, 0.4) is 0 Å². The van der Waals surface area contributed by atoms with E-state index in [1.807, 2.05) is 0 Å². The molecule has 0 bridgehead atoms. The number of hydrogen-bond acceptors (Lipinski definition) is 20. The Morgan fingerprint density at radius 3 is 2.08 bits per heavy atom. The van der Waals surface area contributed by atoms with E-state index in [0.717, 1.165) is 36.4 Å². The van der Waals surface area contributed by atoms with Crippen molar-refractivity contribution in [1.82, 2.24) is 15.0 Å². The Bertz CT molecular complexity index is 3150. The van der Waals surface area contributed by atoms with Crippen molar-refractivity contribution in [2.24, 2.45) is 10.2 Å². The molecule has 24 nitrogen and oxygen atoms in total. The first-order valence-electron chi connectivity index (χ1n) is 15.9. The molecule has 0 aliphatic carbocycles. The van der Waals surface area contributed by atoms with Crippen LogP contribution in [0.1, 0.15) is 0 Å². The summed E-state index contributed by atoms with van der Waals surface area (Å²) in [5.74, 6) is -2.89. The molecule has 1 saturated heterocycles. The maximum atomic E-state index is 14.6. The summed E-state index contributed by atoms with van der Waals surface area (Å²) >= 11 is 0. The van der Waals surface area contributed by atoms with Crippen molar-refractivity contribution in [2.45, 2.75) is 19.6 Å². The van der Waals surface area contributed by atoms with E-state index in [1.165, 1.54) is 4.90 Å². The van der Waals surface area contributed by atoms with Gasteiger partial charge in [0.1, 0.15) is 21.2 Å². The van der Waals surface area contributed by atoms with E-state index >= 15 is 0 Å². The molecule has 0 amide bonds. The van der Waals surface area contributed by atoms with E-state index in [1.54, 1.807) is 0 Å². The molecule has 0 radical (unpaired) electrons. The number of sulfone groups is 1. The van der Waals surface area contributed by atoms with E-state index < -0.39 is 128 Å². The van der Waals surface area contributed by atoms with Gasteiger partial charge in [0.2, 0.25) is 11.9 Å². The van der Waals surface area contributed by atoms with Crippen molar-refractivity contribution in [3.05, 3.63) is 54.6 Å². The summed E-state index contributed by atoms with van der Waals surface area (Å²) < 4.78 is 185. The van der Waals surface area contributed by atoms with Crippen LogP contribution in [-0.4, -0.2) is 119 Å². The molecule has 0 saturated carbocycles. The van der Waals surface area contributed by atoms with Gasteiger partial charge in [0, 0.05) is 23.9 Å². The van der Waals surface area contributed by atoms with Gasteiger partial charge in [-0.1, -0.05) is 12.1 Å². The van der Waals surface area contributed by atoms with E-state index in [2.05, 4.69) is 34.7 Å². The predicted octanol–water partition coefficient (Wildman–Crippen LogP) is 2.35. The SMILES string of the molecule is O=S(=O)(O)OCCS(=O)(=O)c1ccc2c(S(=O)(=O)O)c(N=Nc3c(S(=O)(=O)O)cc4cc(S(=O)(=O)O)cc(Nc5nc(F)nc(N6CCOCC6)n5)c4c3O)ccc2c1. The minimum absolute atomic E-state index is 0.155. The summed E-state index contributed by atoms with van der Waals surface area (Å²) in [6, 6.07) is 6.72. The van der Waals surface area contributed by atoms with Crippen LogP contribution < -0.4 is 10.2 Å². The Morgan fingerprint density at radius 1 is 0.780 bits per heavy atom. The van der Waals surface area contributed by atoms with Gasteiger partial charge in [-0.05, 0) is 47.2 Å². The van der Waals surface area contributed by atoms with Gasteiger partial charge in [-0.15, -0.1) is 10.2 Å². The first-order valence-corrected chi connectivity index (χ1v) is 23.3. The molecule has 0 atom stereocenters. The summed E-state index contributed by atoms with van der Waals surface area (Å²) in [6.07, 6.45) is -1.31. The quantitative estimate of drug-likeness (QED) is 0.0729. The minimum atomic E-state index is -5.43. The highest BCUT2D eigenvalue weighted by molar-refractivity contribution is 7.91. The van der Waals surface area contributed by atoms with Gasteiger partial charge in [0.15, 0.2) is 15.6 Å². The van der Waals surface area contributed by atoms with E-state index in [-0.39, 0.29) is 43.0 Å². The third kappa shape index (κ3) is 9.84. The van der Waals surface area contributed by atoms with Gasteiger partial charge < -0.3 is 20.1 Å². The van der Waals surface area contributed by atoms with Crippen LogP contribution in [0.15, 0.2) is 78.3 Å². The lowest BCUT2D eigenvalue weighted by atomic mass is 10.1. The summed E-state index contributed by atoms with van der Waals surface area (Å²) in [5.41, 5.74) is -2.37. The fourth-order valence-electron chi connectivity index (χ4n) is 5.70. The van der Waals surface area contributed by atoms with E-state index in [0.29, 0.717) is 12.1 Å². The standard InChI is InChI=1S/C29H26FN7O17S5/c30-27-32-28(34-29(33-27)37-5-7-53-8-6-37)31-21-14-18(56(41,42)43)12-16-13-22(57(44,45)46)24(25(38)23(16)21)36-35-20-4-1-15-11-17(2-3-19(15)26(20)58(47,48)49)55(39,40)10-9-54-59(50,51)52/h1-4,11-14,38H,5-10H2,(H,41,42,43)(H,44,45,46)(H,47,48,49)(H,50,51,52)(H,31,32,33,34). The number of phenolic OH excluding ortho intramolecular Hbond substituents is 1. The molecular weight excluding hydrogens is 898 g/mol. The number of halogens is 1. The molecule has 1 aliphatic heterocycles. The number of rotatable bonds is 13. The first kappa shape index (κ1) is 43.4. The number of fused-ring (bicyclic) bond motifs is 2. The normalized spacial score (nSPS) is 14.7. The van der Waals surface area contributed by atoms with Gasteiger partial charge >= 0.3 is 16.5 Å². The highest BCUT2D eigenvalue weighted by Gasteiger charge is 2.28. The van der Waals surface area contributed by atoms with Crippen LogP contribution in [0, 0.1) is 6.08 Å². The number of anilines is 3. The summed E-state index contributed by atoms with van der Waals surface area (Å²) in [4.78, 5) is 9.17. The third-order valence-electron chi connectivity index (χ3n) is 8.22. The average molecular weight is 924 g/mol. The second-order valence-electron chi connectivity index (χ2n) is 12.1. The van der Waals surface area contributed by atoms with Crippen molar-refractivity contribution in [3.63, 3.8) is 0 Å². The zero-order valence-electron chi connectivity index (χ0n) is 29.1. The lowest BCUT2D eigenvalue weighted by Crippen LogP contribution is -2.37. The molecule has 5 aromatic rings. The molecule has 6 rings (SSSR count). The predicted molar refractivity (Wildman–Crippen MR) is 199 cm³/mol. The van der Waals surface area contributed by atoms with E-state index in [9.17, 15) is 65.2 Å². The van der Waals surface area contributed by atoms with E-state index in [4.69, 9.17) is 9.29 Å². The number of benzene rings is 4. The molecule has 316 valence electrons. The molecule has 0 spiro atoms. The first-order chi connectivity index (χ1) is 27.3. The number of phenols is 1. The Balaban J connectivity index is 1.50. The number of azo groups is 1. The lowest BCUT2D eigenvalue weighted by Gasteiger charge is -2.26. The van der Waals surface area contributed by atoms with Crippen LogP contribution >= 0.6 is 0 Å². The van der Waals surface area contributed by atoms with Crippen LogP contribution in [-0.2, 0) is 59.5 Å². The zero-order chi connectivity index (χ0) is 43.3. The topological polar surface area (TPSA) is 369 Å². The van der Waals surface area contributed by atoms with Crippen LogP contribution in [0.2, 0.25) is 0 Å². The lowest BCUT2D eigenvalue weighted by molar-refractivity contribution is 0.122. The maximum Gasteiger partial charge on any atom is 0.397 e. The smallest absolute Gasteiger partial charge is 0.397 e. The Labute approximate surface area is 332 Å². The van der Waals surface area contributed by atoms with Gasteiger partial charge in [0.05, 0.1) is 41.1 Å². The number of hydrogen-bond donors (Lipinski definition) is 6. The molecule has 4 aromatic carbocycles. The van der Waals surface area contributed by atoms with Crippen molar-refractivity contribution in [2.75, 3.05) is 48.9 Å². The summed E-state index contributed by atoms with van der Waals surface area (Å²) in [6.45, 7) is 0.000551. The molecular formula is C29H26FN7O17S5. The fourth-order valence-corrected chi connectivity index (χ4v) is 9.26. The van der Waals surface area contributed by atoms with Crippen molar-refractivity contribution in [3.8, 4) is 5.75 Å². The highest BCUT2D eigenvalue weighted by atomic mass is 32.3. The molecule has 6 N–H and O–H groups in total. The van der Waals surface area contributed by atoms with Gasteiger partial charge in [-0.2, -0.15) is 53.0 Å². The molecule has 1 aromatic heterocycles. The van der Waals surface area contributed by atoms with Gasteiger partial charge in [0.25, 0.3) is 30.4 Å². The number of aromatic nitrogens is 3. The third-order valence-corrected chi connectivity index (χ3v) is 13.0. The average Bonchev–Trinajstić information content (AvgIpc) is 3.12. The van der Waals surface area contributed by atoms with Crippen molar-refractivity contribution < 1.29 is 78.7 Å². The molecule has 0 unspecified atom stereocenters. The summed E-state index contributed by atoms with van der Waals surface area (Å²) in [7, 11) is -25.1. The maximum absolute atomic E-state index is 14.6. The van der Waals surface area contributed by atoms with Gasteiger partial charge in [-0.3, -0.25) is 18.2 Å². The molecule has 1 fully saturated rings. The largest absolute Gasteiger partial charge is 0.505 e. The Morgan fingerprint density at radius 2 is 1.46 bits per heavy atom. The second-order valence-corrected chi connectivity index (χ2v) is 19.5. The summed E-state index contributed by atoms with van der Waals surface area (Å²) in [5, 5.41) is 19.8. The highest BCUT2D eigenvalue weighted by Crippen LogP contribution is 2.46. The molecule has 30 heteroatoms. The Hall–Kier alpha value is -5.15. The number of aromatic hydroxyl groups is 1. The number of ether oxygens (including phenoxy) is 1. The fraction of sp³-hybridized carbons (Fsp3) is 0.207. The van der Waals surface area contributed by atoms with Crippen LogP contribution in [0.5, 0.6) is 5.75 Å². The van der Waals surface area contributed by atoms with Crippen LogP contribution in [0.4, 0.5) is 33.3 Å². The minimum Gasteiger partial charge on any atom is -0.505 e. The van der Waals surface area contributed by atoms with Crippen molar-refractivity contribution in [1.29, 1.82) is 0 Å². The number of nitrogens with zero attached hydrogens (tertiary/aromatic N) is 6. The van der Waals surface area contributed by atoms with Crippen LogP contribution in [0.25, 0.3) is 21.5 Å².